The number of phenolic OH excluding ortho intramolecular Hbond substituents is 1. The van der Waals surface area contributed by atoms with Gasteiger partial charge in [-0.2, -0.15) is 4.98 Å². The molecule has 0 spiro atoms. The van der Waals surface area contributed by atoms with Gasteiger partial charge in [-0.3, -0.25) is 4.98 Å². The number of pyridine rings is 1. The molecule has 0 aliphatic rings. The first-order valence-corrected chi connectivity index (χ1v) is 6.35. The molecule has 3 aromatic rings. The number of methoxy groups -OCH3 is 1. The molecular formula is C15H11N3O4. The fourth-order valence-corrected chi connectivity index (χ4v) is 1.91. The van der Waals surface area contributed by atoms with Crippen molar-refractivity contribution in [2.75, 3.05) is 7.11 Å². The molecule has 3 rings (SSSR count). The van der Waals surface area contributed by atoms with Gasteiger partial charge in [-0.05, 0) is 30.3 Å². The van der Waals surface area contributed by atoms with E-state index in [1.807, 2.05) is 6.07 Å². The van der Waals surface area contributed by atoms with Gasteiger partial charge in [-0.25, -0.2) is 4.79 Å². The Labute approximate surface area is 125 Å². The molecule has 7 heteroatoms. The molecular weight excluding hydrogens is 286 g/mol. The van der Waals surface area contributed by atoms with Gasteiger partial charge >= 0.3 is 5.97 Å². The minimum Gasteiger partial charge on any atom is -0.508 e. The van der Waals surface area contributed by atoms with E-state index >= 15 is 0 Å². The van der Waals surface area contributed by atoms with Crippen molar-refractivity contribution in [3.05, 3.63) is 48.2 Å². The Morgan fingerprint density at radius 1 is 1.27 bits per heavy atom. The van der Waals surface area contributed by atoms with Crippen molar-refractivity contribution in [2.45, 2.75) is 0 Å². The third kappa shape index (κ3) is 2.64. The summed E-state index contributed by atoms with van der Waals surface area (Å²) in [5, 5.41) is 13.6. The lowest BCUT2D eigenvalue weighted by atomic mass is 10.1. The summed E-state index contributed by atoms with van der Waals surface area (Å²) in [6.07, 6.45) is 1.62. The highest BCUT2D eigenvalue weighted by molar-refractivity contribution is 5.91. The van der Waals surface area contributed by atoms with Gasteiger partial charge in [0.2, 0.25) is 5.82 Å². The fraction of sp³-hybridized carbons (Fsp3) is 0.0667. The van der Waals surface area contributed by atoms with Crippen LogP contribution in [-0.2, 0) is 4.74 Å². The molecule has 0 aliphatic heterocycles. The van der Waals surface area contributed by atoms with Crippen LogP contribution in [0.3, 0.4) is 0 Å². The van der Waals surface area contributed by atoms with E-state index in [0.29, 0.717) is 17.1 Å². The standard InChI is InChI=1S/C15H11N3O4/c1-21-15(20)10-6-9(7-11(19)8-10)14-17-13(18-22-14)12-4-2-3-5-16-12/h2-8,19H,1H3. The number of ether oxygens (including phenoxy) is 1. The van der Waals surface area contributed by atoms with E-state index in [1.165, 1.54) is 25.3 Å². The van der Waals surface area contributed by atoms with Crippen molar-refractivity contribution in [3.8, 4) is 28.7 Å². The zero-order valence-electron chi connectivity index (χ0n) is 11.6. The van der Waals surface area contributed by atoms with Crippen molar-refractivity contribution in [1.29, 1.82) is 0 Å². The third-order valence-electron chi connectivity index (χ3n) is 2.91. The summed E-state index contributed by atoms with van der Waals surface area (Å²) in [5.41, 5.74) is 1.16. The number of hydrogen-bond acceptors (Lipinski definition) is 7. The van der Waals surface area contributed by atoms with Gasteiger partial charge in [-0.1, -0.05) is 11.2 Å². The normalized spacial score (nSPS) is 10.4. The maximum atomic E-state index is 11.6. The van der Waals surface area contributed by atoms with Crippen LogP contribution in [0.5, 0.6) is 5.75 Å². The molecule has 0 radical (unpaired) electrons. The molecule has 1 N–H and O–H groups in total. The lowest BCUT2D eigenvalue weighted by molar-refractivity contribution is 0.0600. The highest BCUT2D eigenvalue weighted by Gasteiger charge is 2.15. The highest BCUT2D eigenvalue weighted by Crippen LogP contribution is 2.26. The van der Waals surface area contributed by atoms with Crippen molar-refractivity contribution >= 4 is 5.97 Å². The van der Waals surface area contributed by atoms with Gasteiger partial charge < -0.3 is 14.4 Å². The van der Waals surface area contributed by atoms with Gasteiger partial charge in [0.05, 0.1) is 12.7 Å². The van der Waals surface area contributed by atoms with E-state index < -0.39 is 5.97 Å². The van der Waals surface area contributed by atoms with Crippen LogP contribution in [0.15, 0.2) is 47.1 Å². The average molecular weight is 297 g/mol. The summed E-state index contributed by atoms with van der Waals surface area (Å²) < 4.78 is 9.79. The number of carbonyl (C=O) groups excluding carboxylic acids is 1. The molecule has 0 atom stereocenters. The zero-order valence-corrected chi connectivity index (χ0v) is 11.6. The lowest BCUT2D eigenvalue weighted by Gasteiger charge is -2.02. The Morgan fingerprint density at radius 2 is 2.14 bits per heavy atom. The van der Waals surface area contributed by atoms with Crippen LogP contribution in [0, 0.1) is 0 Å². The molecule has 2 aromatic heterocycles. The monoisotopic (exact) mass is 297 g/mol. The largest absolute Gasteiger partial charge is 0.508 e. The molecule has 0 saturated heterocycles. The number of carbonyl (C=O) groups is 1. The van der Waals surface area contributed by atoms with E-state index in [2.05, 4.69) is 19.9 Å². The quantitative estimate of drug-likeness (QED) is 0.740. The van der Waals surface area contributed by atoms with Crippen molar-refractivity contribution in [3.63, 3.8) is 0 Å². The summed E-state index contributed by atoms with van der Waals surface area (Å²) in [6.45, 7) is 0. The SMILES string of the molecule is COC(=O)c1cc(O)cc(-c2nc(-c3ccccn3)no2)c1. The first-order valence-electron chi connectivity index (χ1n) is 6.35. The Balaban J connectivity index is 2.00. The van der Waals surface area contributed by atoms with Crippen LogP contribution in [0.2, 0.25) is 0 Å². The number of benzene rings is 1. The van der Waals surface area contributed by atoms with Gasteiger partial charge in [0.25, 0.3) is 5.89 Å². The highest BCUT2D eigenvalue weighted by atomic mass is 16.5. The Bertz CT molecular complexity index is 815. The molecule has 7 nitrogen and oxygen atoms in total. The molecule has 22 heavy (non-hydrogen) atoms. The maximum Gasteiger partial charge on any atom is 0.338 e. The molecule has 110 valence electrons. The van der Waals surface area contributed by atoms with Crippen LogP contribution in [0.1, 0.15) is 10.4 Å². The molecule has 1 aromatic carbocycles. The second kappa shape index (κ2) is 5.65. The maximum absolute atomic E-state index is 11.6. The number of esters is 1. The van der Waals surface area contributed by atoms with Crippen LogP contribution in [-0.4, -0.2) is 33.3 Å². The van der Waals surface area contributed by atoms with Crippen LogP contribution in [0.25, 0.3) is 23.0 Å². The molecule has 0 amide bonds. The van der Waals surface area contributed by atoms with Gasteiger partial charge in [0.1, 0.15) is 11.4 Å². The number of aromatic hydroxyl groups is 1. The van der Waals surface area contributed by atoms with Crippen molar-refractivity contribution < 1.29 is 19.2 Å². The minimum atomic E-state index is -0.568. The van der Waals surface area contributed by atoms with E-state index in [-0.39, 0.29) is 17.2 Å². The molecule has 2 heterocycles. The lowest BCUT2D eigenvalue weighted by Crippen LogP contribution is -2.01. The zero-order chi connectivity index (χ0) is 15.5. The van der Waals surface area contributed by atoms with E-state index in [0.717, 1.165) is 0 Å². The first-order chi connectivity index (χ1) is 10.7. The summed E-state index contributed by atoms with van der Waals surface area (Å²) in [4.78, 5) is 19.9. The summed E-state index contributed by atoms with van der Waals surface area (Å²) in [5.74, 6) is -0.183. The average Bonchev–Trinajstić information content (AvgIpc) is 3.04. The number of aromatic nitrogens is 3. The second-order valence-corrected chi connectivity index (χ2v) is 4.40. The minimum absolute atomic E-state index is 0.101. The van der Waals surface area contributed by atoms with Gasteiger partial charge in [-0.15, -0.1) is 0 Å². The number of hydrogen-bond donors (Lipinski definition) is 1. The predicted molar refractivity (Wildman–Crippen MR) is 76.0 cm³/mol. The smallest absolute Gasteiger partial charge is 0.338 e. The van der Waals surface area contributed by atoms with E-state index in [1.54, 1.807) is 18.3 Å². The predicted octanol–water partition coefficient (Wildman–Crippen LogP) is 2.29. The van der Waals surface area contributed by atoms with Crippen molar-refractivity contribution in [1.82, 2.24) is 15.1 Å². The number of phenols is 1. The van der Waals surface area contributed by atoms with Crippen molar-refractivity contribution in [2.24, 2.45) is 0 Å². The summed E-state index contributed by atoms with van der Waals surface area (Å²) in [6, 6.07) is 9.55. The van der Waals surface area contributed by atoms with Gasteiger partial charge in [0.15, 0.2) is 0 Å². The van der Waals surface area contributed by atoms with Gasteiger partial charge in [0, 0.05) is 11.8 Å². The molecule has 0 bridgehead atoms. The first kappa shape index (κ1) is 13.7. The summed E-state index contributed by atoms with van der Waals surface area (Å²) in [7, 11) is 1.26. The molecule has 0 unspecified atom stereocenters. The Hall–Kier alpha value is -3.22. The molecule has 0 saturated carbocycles. The Kier molecular flexibility index (Phi) is 3.53. The number of nitrogens with zero attached hydrogens (tertiary/aromatic N) is 3. The number of rotatable bonds is 3. The third-order valence-corrected chi connectivity index (χ3v) is 2.91. The Morgan fingerprint density at radius 3 is 2.86 bits per heavy atom. The van der Waals surface area contributed by atoms with Crippen LogP contribution >= 0.6 is 0 Å². The summed E-state index contributed by atoms with van der Waals surface area (Å²) >= 11 is 0. The second-order valence-electron chi connectivity index (χ2n) is 4.40. The van der Waals surface area contributed by atoms with E-state index in [9.17, 15) is 9.90 Å². The molecule has 0 aliphatic carbocycles. The van der Waals surface area contributed by atoms with Crippen LogP contribution in [0.4, 0.5) is 0 Å². The topological polar surface area (TPSA) is 98.3 Å². The molecule has 0 fully saturated rings. The van der Waals surface area contributed by atoms with Crippen LogP contribution < -0.4 is 0 Å². The van der Waals surface area contributed by atoms with E-state index in [4.69, 9.17) is 4.52 Å². The fourth-order valence-electron chi connectivity index (χ4n) is 1.91.